The van der Waals surface area contributed by atoms with Crippen LogP contribution < -0.4 is 10.6 Å². The quantitative estimate of drug-likeness (QED) is 0.631. The number of amides is 1. The Morgan fingerprint density at radius 3 is 2.18 bits per heavy atom. The Balaban J connectivity index is 1.46. The average Bonchev–Trinajstić information content (AvgIpc) is 2.81. The van der Waals surface area contributed by atoms with Gasteiger partial charge >= 0.3 is 12.1 Å². The van der Waals surface area contributed by atoms with Crippen LogP contribution in [0.4, 0.5) is 10.5 Å². The molecule has 0 spiro atoms. The number of esters is 1. The van der Waals surface area contributed by atoms with Crippen molar-refractivity contribution in [3.8, 4) is 0 Å². The molecule has 2 aliphatic rings. The van der Waals surface area contributed by atoms with Gasteiger partial charge in [-0.25, -0.2) is 4.79 Å². The monoisotopic (exact) mass is 459 g/mol. The Morgan fingerprint density at radius 2 is 1.64 bits per heavy atom. The second-order valence-electron chi connectivity index (χ2n) is 10.5. The fourth-order valence-electron chi connectivity index (χ4n) is 4.91. The van der Waals surface area contributed by atoms with Crippen LogP contribution in [0.25, 0.3) is 0 Å². The topological polar surface area (TPSA) is 85.1 Å². The molecule has 1 aromatic rings. The number of hydrogen-bond acceptors (Lipinski definition) is 6. The summed E-state index contributed by atoms with van der Waals surface area (Å²) >= 11 is 0. The van der Waals surface area contributed by atoms with Gasteiger partial charge < -0.3 is 25.0 Å². The van der Waals surface area contributed by atoms with Crippen LogP contribution >= 0.6 is 0 Å². The van der Waals surface area contributed by atoms with Crippen molar-refractivity contribution in [1.29, 1.82) is 0 Å². The highest BCUT2D eigenvalue weighted by Crippen LogP contribution is 2.37. The second-order valence-corrected chi connectivity index (χ2v) is 10.5. The molecule has 1 atom stereocenters. The summed E-state index contributed by atoms with van der Waals surface area (Å²) in [7, 11) is 1.45. The van der Waals surface area contributed by atoms with E-state index in [1.54, 1.807) is 4.90 Å². The number of nitrogens with zero attached hydrogens (tertiary/aromatic N) is 2. The second kappa shape index (κ2) is 11.2. The van der Waals surface area contributed by atoms with Crippen LogP contribution in [0.2, 0.25) is 0 Å². The van der Waals surface area contributed by atoms with Crippen LogP contribution in [0.5, 0.6) is 0 Å². The molecule has 0 bridgehead atoms. The van der Waals surface area contributed by atoms with Crippen LogP contribution in [0.15, 0.2) is 24.3 Å². The van der Waals surface area contributed by atoms with Crippen LogP contribution in [0.3, 0.4) is 0 Å². The lowest BCUT2D eigenvalue weighted by atomic mass is 9.76. The summed E-state index contributed by atoms with van der Waals surface area (Å²) in [5.41, 5.74) is 8.53. The third-order valence-electron chi connectivity index (χ3n) is 6.96. The van der Waals surface area contributed by atoms with Crippen molar-refractivity contribution >= 4 is 17.7 Å². The van der Waals surface area contributed by atoms with E-state index in [-0.39, 0.29) is 18.1 Å². The Labute approximate surface area is 198 Å². The van der Waals surface area contributed by atoms with Crippen molar-refractivity contribution in [3.63, 3.8) is 0 Å². The van der Waals surface area contributed by atoms with Crippen LogP contribution in [0, 0.1) is 11.8 Å². The van der Waals surface area contributed by atoms with Gasteiger partial charge in [0.15, 0.2) is 0 Å². The van der Waals surface area contributed by atoms with Crippen molar-refractivity contribution in [3.05, 3.63) is 29.8 Å². The molecule has 7 nitrogen and oxygen atoms in total. The highest BCUT2D eigenvalue weighted by Gasteiger charge is 2.28. The van der Waals surface area contributed by atoms with Gasteiger partial charge in [0.2, 0.25) is 0 Å². The first-order valence-electron chi connectivity index (χ1n) is 12.3. The molecular weight excluding hydrogens is 418 g/mol. The van der Waals surface area contributed by atoms with Gasteiger partial charge in [0.25, 0.3) is 0 Å². The normalized spacial score (nSPS) is 22.6. The van der Waals surface area contributed by atoms with E-state index in [9.17, 15) is 9.59 Å². The summed E-state index contributed by atoms with van der Waals surface area (Å²) in [6.07, 6.45) is 5.70. The van der Waals surface area contributed by atoms with Crippen molar-refractivity contribution in [2.75, 3.05) is 38.2 Å². The molecule has 1 aliphatic carbocycles. The third kappa shape index (κ3) is 7.36. The van der Waals surface area contributed by atoms with Crippen molar-refractivity contribution in [2.24, 2.45) is 17.6 Å². The molecule has 3 rings (SSSR count). The molecule has 1 saturated heterocycles. The Bertz CT molecular complexity index is 774. The molecule has 2 fully saturated rings. The highest BCUT2D eigenvalue weighted by molar-refractivity contribution is 5.69. The fourth-order valence-corrected chi connectivity index (χ4v) is 4.91. The molecule has 33 heavy (non-hydrogen) atoms. The molecule has 0 aromatic heterocycles. The molecule has 0 radical (unpaired) electrons. The molecule has 1 heterocycles. The van der Waals surface area contributed by atoms with Gasteiger partial charge in [-0.3, -0.25) is 4.79 Å². The first-order chi connectivity index (χ1) is 15.7. The maximum Gasteiger partial charge on any atom is 0.410 e. The van der Waals surface area contributed by atoms with Gasteiger partial charge in [0, 0.05) is 44.3 Å². The number of nitrogens with two attached hydrogens (primary N) is 1. The van der Waals surface area contributed by atoms with Gasteiger partial charge in [-0.2, -0.15) is 0 Å². The number of anilines is 1. The largest absolute Gasteiger partial charge is 0.469 e. The molecule has 1 aliphatic heterocycles. The number of hydrogen-bond donors (Lipinski definition) is 1. The lowest BCUT2D eigenvalue weighted by Gasteiger charge is -2.37. The Kier molecular flexibility index (Phi) is 8.63. The first-order valence-corrected chi connectivity index (χ1v) is 12.3. The smallest absolute Gasteiger partial charge is 0.410 e. The maximum atomic E-state index is 12.3. The minimum Gasteiger partial charge on any atom is -0.469 e. The fraction of sp³-hybridized carbons (Fsp3) is 0.692. The lowest BCUT2D eigenvalue weighted by molar-refractivity contribution is -0.141. The zero-order valence-electron chi connectivity index (χ0n) is 20.7. The molecule has 1 aromatic carbocycles. The number of methoxy groups -OCH3 is 1. The number of benzene rings is 1. The summed E-state index contributed by atoms with van der Waals surface area (Å²) in [5, 5.41) is 0. The highest BCUT2D eigenvalue weighted by atomic mass is 16.6. The van der Waals surface area contributed by atoms with E-state index < -0.39 is 5.60 Å². The molecular formula is C26H41N3O4. The summed E-state index contributed by atoms with van der Waals surface area (Å²) < 4.78 is 10.2. The number of ether oxygens (including phenoxy) is 2. The van der Waals surface area contributed by atoms with E-state index in [4.69, 9.17) is 15.2 Å². The molecule has 1 unspecified atom stereocenters. The predicted molar refractivity (Wildman–Crippen MR) is 130 cm³/mol. The summed E-state index contributed by atoms with van der Waals surface area (Å²) in [6.45, 7) is 8.59. The number of rotatable bonds is 6. The number of carbonyl (C=O) groups excluding carboxylic acids is 2. The Hall–Kier alpha value is -2.28. The zero-order chi connectivity index (χ0) is 24.0. The van der Waals surface area contributed by atoms with Gasteiger partial charge in [-0.15, -0.1) is 0 Å². The van der Waals surface area contributed by atoms with Gasteiger partial charge in [0.1, 0.15) is 5.60 Å². The van der Waals surface area contributed by atoms with Gasteiger partial charge in [-0.05, 0) is 69.6 Å². The van der Waals surface area contributed by atoms with Crippen molar-refractivity contribution < 1.29 is 19.1 Å². The molecule has 184 valence electrons. The maximum absolute atomic E-state index is 12.3. The summed E-state index contributed by atoms with van der Waals surface area (Å²) in [6, 6.07) is 8.66. The average molecular weight is 460 g/mol. The third-order valence-corrected chi connectivity index (χ3v) is 6.96. The van der Waals surface area contributed by atoms with E-state index in [1.807, 2.05) is 20.8 Å². The van der Waals surface area contributed by atoms with E-state index >= 15 is 0 Å². The van der Waals surface area contributed by atoms with Gasteiger partial charge in [-0.1, -0.05) is 25.0 Å². The minimum absolute atomic E-state index is 0.0459. The van der Waals surface area contributed by atoms with Crippen molar-refractivity contribution in [1.82, 2.24) is 4.90 Å². The molecule has 1 amide bonds. The predicted octanol–water partition coefficient (Wildman–Crippen LogP) is 4.50. The van der Waals surface area contributed by atoms with E-state index in [0.29, 0.717) is 31.3 Å². The Morgan fingerprint density at radius 1 is 1.03 bits per heavy atom. The summed E-state index contributed by atoms with van der Waals surface area (Å²) in [4.78, 5) is 27.8. The van der Waals surface area contributed by atoms with Crippen LogP contribution in [0.1, 0.15) is 70.9 Å². The minimum atomic E-state index is -0.467. The zero-order valence-corrected chi connectivity index (χ0v) is 20.7. The molecule has 1 saturated carbocycles. The number of carbonyl (C=O) groups is 2. The summed E-state index contributed by atoms with van der Waals surface area (Å²) in [5.74, 6) is 0.983. The van der Waals surface area contributed by atoms with E-state index in [0.717, 1.165) is 45.2 Å². The molecule has 7 heteroatoms. The van der Waals surface area contributed by atoms with E-state index in [2.05, 4.69) is 29.2 Å². The molecule has 2 N–H and O–H groups in total. The van der Waals surface area contributed by atoms with Crippen LogP contribution in [-0.2, 0) is 14.3 Å². The SMILES string of the molecule is COC(=O)CC[C@H]1CC[C@H](C(N)c2ccc(N3CCN(C(=O)OC(C)(C)C)CC3)cc2)CC1. The number of piperazine rings is 1. The first kappa shape index (κ1) is 25.3. The van der Waals surface area contributed by atoms with Gasteiger partial charge in [0.05, 0.1) is 7.11 Å². The van der Waals surface area contributed by atoms with Crippen molar-refractivity contribution in [2.45, 2.75) is 70.9 Å². The lowest BCUT2D eigenvalue weighted by Crippen LogP contribution is -2.50. The van der Waals surface area contributed by atoms with Crippen LogP contribution in [-0.4, -0.2) is 55.9 Å². The standard InChI is InChI=1S/C26H41N3O4/c1-26(2,3)33-25(31)29-17-15-28(16-18-29)22-12-10-21(11-13-22)24(27)20-8-5-19(6-9-20)7-14-23(30)32-4/h10-13,19-20,24H,5-9,14-18,27H2,1-4H3/t19-,20-,24?. The van der Waals surface area contributed by atoms with E-state index in [1.165, 1.54) is 18.4 Å².